The van der Waals surface area contributed by atoms with E-state index in [1.165, 1.54) is 56.5 Å². The van der Waals surface area contributed by atoms with Crippen molar-refractivity contribution in [1.29, 1.82) is 0 Å². The van der Waals surface area contributed by atoms with Crippen LogP contribution in [0.4, 0.5) is 34.6 Å². The van der Waals surface area contributed by atoms with E-state index in [2.05, 4.69) is 107 Å². The van der Waals surface area contributed by atoms with Crippen LogP contribution in [0.3, 0.4) is 0 Å². The molecule has 105 heavy (non-hydrogen) atoms. The van der Waals surface area contributed by atoms with Gasteiger partial charge in [0.25, 0.3) is 0 Å². The second-order valence-electron chi connectivity index (χ2n) is 29.6. The SMILES string of the molecule is CC(F)(F)C(=O)OC12CC3CC(C1)C(=O)C(C3)C2.CC(F)(F)C(=O)OC12CC3CC(C1)C(=O)C(C3)C2.CC[NH+](CC)CC.CN(C)c1ccccc1.COC(=O)c1ccc(CCl)cc1.COC(=O)c1ccc(C[N+](C)(C)c2ccccc2)cc1.C[N+](C)(Cc1ccc(C(=O)CO)cc1)c1ccccc1.[Cl-]. The fraction of sp³-hybridized carbons (Fsp3) is 0.482. The average Bonchev–Trinajstić information content (AvgIpc) is 0.741. The number of anilines is 1. The van der Waals surface area contributed by atoms with E-state index in [0.29, 0.717) is 86.8 Å². The highest BCUT2D eigenvalue weighted by Gasteiger charge is 2.60. The summed E-state index contributed by atoms with van der Waals surface area (Å²) < 4.78 is 72.7. The Balaban J connectivity index is 0.000000225. The third kappa shape index (κ3) is 25.7. The first-order chi connectivity index (χ1) is 49.1. The predicted molar refractivity (Wildman–Crippen MR) is 400 cm³/mol. The minimum absolute atomic E-state index is 0. The molecule has 4 unspecified atom stereocenters. The minimum Gasteiger partial charge on any atom is -1.00 e. The lowest BCUT2D eigenvalue weighted by molar-refractivity contribution is -0.894. The molecule has 2 N–H and O–H groups in total. The molecule has 0 amide bonds. The zero-order valence-corrected chi connectivity index (χ0v) is 64.6. The Hall–Kier alpha value is -7.85. The molecule has 16 nitrogen and oxygen atoms in total. The summed E-state index contributed by atoms with van der Waals surface area (Å²) >= 11 is 5.58. The Morgan fingerprint density at radius 1 is 0.505 bits per heavy atom. The number of para-hydroxylation sites is 3. The minimum atomic E-state index is -3.45. The maximum absolute atomic E-state index is 12.9. The van der Waals surface area contributed by atoms with Crippen LogP contribution in [0.25, 0.3) is 0 Å². The first kappa shape index (κ1) is 87.8. The molecular formula is C83H108Cl2F4N4O12+2. The number of halogens is 6. The standard InChI is InChI=1S/2C17H20NO2.2C13H16F2O3.C9H9ClO2.C8H11N.C6H15N.ClH/c1-18(2,16-7-5-4-6-8-16)13-14-9-11-15(12-10-14)17(19)20-3;1-18(2,16-6-4-3-5-7-16)12-14-8-10-15(11-9-14)17(20)13-19;2*1-12(14,15)11(17)18-13-4-7-2-8(5-13)10(16)9(3-7)6-13;1-12-9(11)8-4-2-7(6-10)3-5-8;1-9(2)8-6-4-3-5-7-8;1-4-7(5-2)6-3;/h4-12H,13H2,1-3H3;3-11,19H,12-13H2,1-2H3;2*7-9H,2-6H2,1H3;2-5H,6H2,1H3;3-7H,1-2H3;4-6H2,1-3H3;1H/q2*+1;;;;;;. The molecule has 6 aromatic carbocycles. The molecule has 0 heterocycles. The first-order valence-corrected chi connectivity index (χ1v) is 36.4. The zero-order chi connectivity index (χ0) is 76.8. The van der Waals surface area contributed by atoms with Crippen LogP contribution in [0.2, 0.25) is 0 Å². The monoisotopic (exact) mass is 1500 g/mol. The number of benzene rings is 6. The Morgan fingerprint density at radius 3 is 1.07 bits per heavy atom. The maximum Gasteiger partial charge on any atom is 0.377 e. The van der Waals surface area contributed by atoms with Gasteiger partial charge in [-0.1, -0.05) is 103 Å². The number of carbonyl (C=O) groups excluding carboxylic acids is 7. The van der Waals surface area contributed by atoms with Crippen molar-refractivity contribution in [1.82, 2.24) is 8.97 Å². The van der Waals surface area contributed by atoms with Crippen LogP contribution in [0.1, 0.15) is 147 Å². The fourth-order valence-electron chi connectivity index (χ4n) is 15.0. The molecule has 0 aliphatic heterocycles. The lowest BCUT2D eigenvalue weighted by Crippen LogP contribution is -3.11. The van der Waals surface area contributed by atoms with Crippen molar-refractivity contribution < 1.29 is 92.5 Å². The number of ether oxygens (including phenoxy) is 4. The van der Waals surface area contributed by atoms with E-state index >= 15 is 0 Å². The molecule has 0 spiro atoms. The van der Waals surface area contributed by atoms with Crippen molar-refractivity contribution >= 4 is 69.9 Å². The molecule has 22 heteroatoms. The van der Waals surface area contributed by atoms with Crippen molar-refractivity contribution in [3.63, 3.8) is 0 Å². The lowest BCUT2D eigenvalue weighted by atomic mass is 9.53. The topological polar surface area (TPSA) is 184 Å². The molecule has 0 radical (unpaired) electrons. The Kier molecular flexibility index (Phi) is 33.2. The quantitative estimate of drug-likeness (QED) is 0.0195. The van der Waals surface area contributed by atoms with E-state index in [1.807, 2.05) is 93.0 Å². The maximum atomic E-state index is 12.9. The number of Topliss-reactive ketones (excluding diaryl/α,β-unsaturated/α-hetero) is 3. The molecule has 0 aromatic heterocycles. The van der Waals surface area contributed by atoms with E-state index in [9.17, 15) is 51.1 Å². The van der Waals surface area contributed by atoms with E-state index < -0.39 is 41.6 Å². The van der Waals surface area contributed by atoms with Crippen LogP contribution in [0, 0.1) is 35.5 Å². The highest BCUT2D eigenvalue weighted by molar-refractivity contribution is 6.17. The summed E-state index contributed by atoms with van der Waals surface area (Å²) in [6.07, 6.45) is 6.45. The smallest absolute Gasteiger partial charge is 0.377 e. The molecule has 572 valence electrons. The molecule has 8 aliphatic carbocycles. The van der Waals surface area contributed by atoms with Gasteiger partial charge in [0.05, 0.1) is 73.2 Å². The van der Waals surface area contributed by atoms with Crippen molar-refractivity contribution in [2.75, 3.05) is 87.6 Å². The van der Waals surface area contributed by atoms with Crippen molar-refractivity contribution in [2.45, 2.75) is 141 Å². The number of nitrogens with zero attached hydrogens (tertiary/aromatic N) is 3. The molecule has 8 bridgehead atoms. The normalized spacial score (nSPS) is 21.3. The summed E-state index contributed by atoms with van der Waals surface area (Å²) in [7, 11) is 15.5. The molecule has 8 saturated carbocycles. The van der Waals surface area contributed by atoms with Crippen LogP contribution < -0.4 is 31.2 Å². The summed E-state index contributed by atoms with van der Waals surface area (Å²) in [4.78, 5) is 84.1. The number of ketones is 3. The van der Waals surface area contributed by atoms with Gasteiger partial charge in [-0.2, -0.15) is 17.6 Å². The van der Waals surface area contributed by atoms with Gasteiger partial charge in [0.15, 0.2) is 5.78 Å². The molecule has 4 atom stereocenters. The van der Waals surface area contributed by atoms with E-state index in [-0.39, 0.29) is 65.4 Å². The number of quaternary nitrogens is 3. The van der Waals surface area contributed by atoms with Gasteiger partial charge < -0.3 is 46.3 Å². The Morgan fingerprint density at radius 2 is 0.810 bits per heavy atom. The predicted octanol–water partition coefficient (Wildman–Crippen LogP) is 11.4. The number of aliphatic hydroxyl groups excluding tert-OH is 1. The van der Waals surface area contributed by atoms with Crippen molar-refractivity contribution in [3.05, 3.63) is 197 Å². The average molecular weight is 1500 g/mol. The third-order valence-corrected chi connectivity index (χ3v) is 20.7. The van der Waals surface area contributed by atoms with Crippen LogP contribution in [0.15, 0.2) is 164 Å². The summed E-state index contributed by atoms with van der Waals surface area (Å²) in [6.45, 7) is 12.9. The van der Waals surface area contributed by atoms with Gasteiger partial charge in [-0.25, -0.2) is 19.2 Å². The summed E-state index contributed by atoms with van der Waals surface area (Å²) in [5.74, 6) is -9.28. The molecule has 0 saturated heterocycles. The number of methoxy groups -OCH3 is 2. The summed E-state index contributed by atoms with van der Waals surface area (Å²) in [6, 6.07) is 53.0. The number of carbonyl (C=O) groups is 7. The number of rotatable bonds is 19. The third-order valence-electron chi connectivity index (χ3n) is 20.4. The fourth-order valence-corrected chi connectivity index (χ4v) is 15.2. The van der Waals surface area contributed by atoms with Crippen LogP contribution >= 0.6 is 11.6 Å². The van der Waals surface area contributed by atoms with E-state index in [4.69, 9.17) is 30.9 Å². The van der Waals surface area contributed by atoms with Gasteiger partial charge in [0.1, 0.15) is 53.8 Å². The van der Waals surface area contributed by atoms with E-state index in [0.717, 1.165) is 58.9 Å². The number of alkyl halides is 5. The molecule has 8 fully saturated rings. The summed E-state index contributed by atoms with van der Waals surface area (Å²) in [5, 5.41) is 8.84. The summed E-state index contributed by atoms with van der Waals surface area (Å²) in [5.41, 5.74) is 7.19. The lowest BCUT2D eigenvalue weighted by Gasteiger charge is -2.54. The van der Waals surface area contributed by atoms with E-state index in [1.54, 1.807) is 41.3 Å². The Bertz CT molecular complexity index is 3510. The van der Waals surface area contributed by atoms with Gasteiger partial charge in [0, 0.05) is 79.9 Å². The number of aliphatic hydroxyl groups is 1. The van der Waals surface area contributed by atoms with Gasteiger partial charge in [0.2, 0.25) is 0 Å². The van der Waals surface area contributed by atoms with Crippen LogP contribution in [-0.2, 0) is 57.1 Å². The van der Waals surface area contributed by atoms with Crippen LogP contribution in [-0.4, -0.2) is 152 Å². The van der Waals surface area contributed by atoms with Gasteiger partial charge in [-0.3, -0.25) is 23.3 Å². The molecule has 14 rings (SSSR count). The highest BCUT2D eigenvalue weighted by Crippen LogP contribution is 2.57. The number of nitrogens with one attached hydrogen (secondary N) is 1. The molecular weight excluding hydrogens is 1390 g/mol. The number of esters is 4. The van der Waals surface area contributed by atoms with Gasteiger partial charge in [-0.05, 0) is 163 Å². The van der Waals surface area contributed by atoms with Gasteiger partial charge >= 0.3 is 35.7 Å². The largest absolute Gasteiger partial charge is 1.00 e. The highest BCUT2D eigenvalue weighted by atomic mass is 35.5. The van der Waals surface area contributed by atoms with Crippen molar-refractivity contribution in [2.24, 2.45) is 35.5 Å². The zero-order valence-electron chi connectivity index (χ0n) is 63.1. The second-order valence-corrected chi connectivity index (χ2v) is 29.9. The second kappa shape index (κ2) is 39.7. The van der Waals surface area contributed by atoms with Gasteiger partial charge in [-0.15, -0.1) is 11.6 Å². The van der Waals surface area contributed by atoms with Crippen LogP contribution in [0.5, 0.6) is 0 Å². The molecule has 8 aliphatic rings. The Labute approximate surface area is 629 Å². The molecule has 6 aromatic rings. The number of hydrogen-bond acceptors (Lipinski definition) is 13. The van der Waals surface area contributed by atoms with Crippen molar-refractivity contribution in [3.8, 4) is 0 Å². The first-order valence-electron chi connectivity index (χ1n) is 35.8. The number of hydrogen-bond donors (Lipinski definition) is 2.